The van der Waals surface area contributed by atoms with Crippen molar-refractivity contribution in [2.45, 2.75) is 64.1 Å². The maximum absolute atomic E-state index is 13.3. The molecule has 0 aromatic carbocycles. The molecule has 2 heterocycles. The molecule has 2 fully saturated rings. The van der Waals surface area contributed by atoms with Crippen molar-refractivity contribution in [3.63, 3.8) is 0 Å². The van der Waals surface area contributed by atoms with Crippen molar-refractivity contribution < 1.29 is 18.0 Å². The van der Waals surface area contributed by atoms with Gasteiger partial charge < -0.3 is 10.2 Å². The summed E-state index contributed by atoms with van der Waals surface area (Å²) >= 11 is 0. The lowest BCUT2D eigenvalue weighted by Gasteiger charge is -2.40. The van der Waals surface area contributed by atoms with Crippen LogP contribution in [0.2, 0.25) is 0 Å². The second-order valence-electron chi connectivity index (χ2n) is 8.39. The van der Waals surface area contributed by atoms with Crippen LogP contribution in [-0.4, -0.2) is 29.5 Å². The monoisotopic (exact) mass is 383 g/mol. The molecule has 0 radical (unpaired) electrons. The first-order valence-corrected chi connectivity index (χ1v) is 9.77. The van der Waals surface area contributed by atoms with Gasteiger partial charge in [0.15, 0.2) is 0 Å². The predicted molar refractivity (Wildman–Crippen MR) is 98.4 cm³/mol. The zero-order chi connectivity index (χ0) is 19.7. The van der Waals surface area contributed by atoms with Crippen molar-refractivity contribution in [2.75, 3.05) is 18.0 Å². The highest BCUT2D eigenvalue weighted by Gasteiger charge is 2.38. The normalized spacial score (nSPS) is 29.4. The van der Waals surface area contributed by atoms with Gasteiger partial charge in [0, 0.05) is 24.8 Å². The fourth-order valence-electron chi connectivity index (χ4n) is 4.18. The lowest BCUT2D eigenvalue weighted by atomic mass is 9.78. The predicted octanol–water partition coefficient (Wildman–Crippen LogP) is 4.40. The molecular formula is C20H28F3N3O. The molecule has 1 aliphatic heterocycles. The van der Waals surface area contributed by atoms with E-state index in [0.29, 0.717) is 25.3 Å². The number of piperidine rings is 1. The summed E-state index contributed by atoms with van der Waals surface area (Å²) in [4.78, 5) is 18.4. The van der Waals surface area contributed by atoms with Gasteiger partial charge in [0.2, 0.25) is 5.91 Å². The van der Waals surface area contributed by atoms with E-state index in [1.807, 2.05) is 0 Å². The molecule has 3 rings (SSSR count). The second-order valence-corrected chi connectivity index (χ2v) is 8.39. The summed E-state index contributed by atoms with van der Waals surface area (Å²) in [6.07, 6.45) is 2.39. The topological polar surface area (TPSA) is 45.2 Å². The molecule has 150 valence electrons. The summed E-state index contributed by atoms with van der Waals surface area (Å²) in [7, 11) is 0. The molecule has 1 amide bonds. The number of nitrogens with one attached hydrogen (secondary N) is 1. The fraction of sp³-hybridized carbons (Fsp3) is 0.700. The molecule has 4 nitrogen and oxygen atoms in total. The molecule has 1 unspecified atom stereocenters. The molecule has 2 aliphatic rings. The second kappa shape index (κ2) is 7.68. The van der Waals surface area contributed by atoms with Crippen LogP contribution >= 0.6 is 0 Å². The minimum Gasteiger partial charge on any atom is -0.355 e. The van der Waals surface area contributed by atoms with Gasteiger partial charge in [0.25, 0.3) is 0 Å². The minimum absolute atomic E-state index is 0.0405. The lowest BCUT2D eigenvalue weighted by molar-refractivity contribution is -0.137. The summed E-state index contributed by atoms with van der Waals surface area (Å²) in [5, 5.41) is 3.19. The zero-order valence-corrected chi connectivity index (χ0v) is 16.0. The van der Waals surface area contributed by atoms with Gasteiger partial charge in [0.1, 0.15) is 5.82 Å². The smallest absolute Gasteiger partial charge is 0.355 e. The van der Waals surface area contributed by atoms with E-state index >= 15 is 0 Å². The Bertz CT molecular complexity index is 669. The van der Waals surface area contributed by atoms with Crippen molar-refractivity contribution >= 4 is 11.7 Å². The number of carbonyl (C=O) groups excluding carboxylic acids is 1. The maximum atomic E-state index is 13.3. The zero-order valence-electron chi connectivity index (χ0n) is 16.0. The number of halogens is 3. The van der Waals surface area contributed by atoms with Crippen molar-refractivity contribution in [2.24, 2.45) is 11.8 Å². The molecule has 1 saturated carbocycles. The molecular weight excluding hydrogens is 355 g/mol. The molecule has 0 bridgehead atoms. The number of aromatic nitrogens is 1. The van der Waals surface area contributed by atoms with Crippen molar-refractivity contribution in [1.29, 1.82) is 0 Å². The third-order valence-corrected chi connectivity index (χ3v) is 5.99. The molecule has 1 aromatic rings. The number of pyridine rings is 1. The van der Waals surface area contributed by atoms with Crippen LogP contribution in [0.5, 0.6) is 0 Å². The van der Waals surface area contributed by atoms with E-state index in [0.717, 1.165) is 31.7 Å². The number of carbonyl (C=O) groups is 1. The van der Waals surface area contributed by atoms with Crippen LogP contribution in [0.1, 0.15) is 57.9 Å². The number of nitrogens with zero attached hydrogens (tertiary/aromatic N) is 2. The van der Waals surface area contributed by atoms with Crippen LogP contribution in [0, 0.1) is 11.8 Å². The Kier molecular flexibility index (Phi) is 5.68. The Morgan fingerprint density at radius 3 is 2.67 bits per heavy atom. The largest absolute Gasteiger partial charge is 0.419 e. The Morgan fingerprint density at radius 1 is 1.30 bits per heavy atom. The van der Waals surface area contributed by atoms with E-state index in [9.17, 15) is 18.0 Å². The van der Waals surface area contributed by atoms with Gasteiger partial charge in [-0.05, 0) is 63.5 Å². The van der Waals surface area contributed by atoms with Gasteiger partial charge in [-0.3, -0.25) is 4.79 Å². The van der Waals surface area contributed by atoms with E-state index in [-0.39, 0.29) is 29.7 Å². The summed E-state index contributed by atoms with van der Waals surface area (Å²) in [5.41, 5.74) is -0.937. The highest BCUT2D eigenvalue weighted by Crippen LogP contribution is 2.37. The van der Waals surface area contributed by atoms with Gasteiger partial charge in [-0.25, -0.2) is 4.98 Å². The molecule has 7 heteroatoms. The van der Waals surface area contributed by atoms with Crippen LogP contribution in [-0.2, 0) is 11.0 Å². The Labute approximate surface area is 158 Å². The molecule has 1 aliphatic carbocycles. The molecule has 1 atom stereocenters. The van der Waals surface area contributed by atoms with Gasteiger partial charge in [-0.15, -0.1) is 0 Å². The first-order chi connectivity index (χ1) is 12.7. The van der Waals surface area contributed by atoms with Gasteiger partial charge in [0.05, 0.1) is 11.5 Å². The number of amides is 1. The molecule has 1 saturated heterocycles. The fourth-order valence-corrected chi connectivity index (χ4v) is 4.18. The first kappa shape index (κ1) is 20.0. The third kappa shape index (κ3) is 4.74. The summed E-state index contributed by atoms with van der Waals surface area (Å²) < 4.78 is 39.9. The van der Waals surface area contributed by atoms with Gasteiger partial charge in [-0.1, -0.05) is 6.92 Å². The highest BCUT2D eigenvalue weighted by atomic mass is 19.4. The number of hydrogen-bond donors (Lipinski definition) is 1. The van der Waals surface area contributed by atoms with Gasteiger partial charge >= 0.3 is 6.18 Å². The standard InChI is InChI=1S/C20H28F3N3O/c1-14-7-9-19(2,10-8-14)25-18(27)15-5-4-12-26(13-15)17-16(20(21,22)23)6-3-11-24-17/h3,6,11,14-15H,4-5,7-10,12-13H2,1-2H3,(H,25,27). The number of alkyl halides is 3. The van der Waals surface area contributed by atoms with Crippen LogP contribution < -0.4 is 10.2 Å². The van der Waals surface area contributed by atoms with Crippen LogP contribution in [0.25, 0.3) is 0 Å². The minimum atomic E-state index is -4.45. The lowest BCUT2D eigenvalue weighted by Crippen LogP contribution is -2.52. The SMILES string of the molecule is CC1CCC(C)(NC(=O)C2CCCN(c3ncccc3C(F)(F)F)C2)CC1. The van der Waals surface area contributed by atoms with Gasteiger partial charge in [-0.2, -0.15) is 13.2 Å². The molecule has 27 heavy (non-hydrogen) atoms. The molecule has 1 N–H and O–H groups in total. The first-order valence-electron chi connectivity index (χ1n) is 9.77. The van der Waals surface area contributed by atoms with Crippen LogP contribution in [0.4, 0.5) is 19.0 Å². The van der Waals surface area contributed by atoms with Crippen LogP contribution in [0.15, 0.2) is 18.3 Å². The van der Waals surface area contributed by atoms with E-state index < -0.39 is 11.7 Å². The van der Waals surface area contributed by atoms with E-state index in [4.69, 9.17) is 0 Å². The molecule has 0 spiro atoms. The average molecular weight is 383 g/mol. The molecule has 1 aromatic heterocycles. The Hall–Kier alpha value is -1.79. The van der Waals surface area contributed by atoms with Crippen LogP contribution in [0.3, 0.4) is 0 Å². The highest BCUT2D eigenvalue weighted by molar-refractivity contribution is 5.80. The Balaban J connectivity index is 1.69. The number of hydrogen-bond acceptors (Lipinski definition) is 3. The van der Waals surface area contributed by atoms with Crippen molar-refractivity contribution in [3.8, 4) is 0 Å². The van der Waals surface area contributed by atoms with Crippen molar-refractivity contribution in [1.82, 2.24) is 10.3 Å². The summed E-state index contributed by atoms with van der Waals surface area (Å²) in [5.74, 6) is 0.268. The summed E-state index contributed by atoms with van der Waals surface area (Å²) in [6.45, 7) is 5.07. The average Bonchev–Trinajstić information content (AvgIpc) is 2.64. The van der Waals surface area contributed by atoms with E-state index in [2.05, 4.69) is 24.1 Å². The van der Waals surface area contributed by atoms with E-state index in [1.165, 1.54) is 12.3 Å². The number of anilines is 1. The van der Waals surface area contributed by atoms with E-state index in [1.54, 1.807) is 4.90 Å². The Morgan fingerprint density at radius 2 is 2.00 bits per heavy atom. The third-order valence-electron chi connectivity index (χ3n) is 5.99. The quantitative estimate of drug-likeness (QED) is 0.841. The van der Waals surface area contributed by atoms with Crippen molar-refractivity contribution in [3.05, 3.63) is 23.9 Å². The maximum Gasteiger partial charge on any atom is 0.419 e. The number of rotatable bonds is 3. The summed E-state index contributed by atoms with van der Waals surface area (Å²) in [6, 6.07) is 2.35.